The second-order valence-electron chi connectivity index (χ2n) is 9.37. The number of aryl methyl sites for hydroxylation is 1. The molecule has 200 valence electrons. The van der Waals surface area contributed by atoms with Gasteiger partial charge in [-0.2, -0.15) is 0 Å². The maximum atomic E-state index is 12.5. The van der Waals surface area contributed by atoms with E-state index < -0.39 is 17.9 Å². The first-order valence-electron chi connectivity index (χ1n) is 12.9. The van der Waals surface area contributed by atoms with Crippen LogP contribution in [0.25, 0.3) is 21.9 Å². The van der Waals surface area contributed by atoms with Crippen molar-refractivity contribution in [3.63, 3.8) is 0 Å². The van der Waals surface area contributed by atoms with Crippen LogP contribution in [0.5, 0.6) is 0 Å². The number of fused-ring (bicyclic) bond motifs is 1. The molecule has 0 spiro atoms. The Morgan fingerprint density at radius 3 is 2.42 bits per heavy atom. The van der Waals surface area contributed by atoms with Gasteiger partial charge in [-0.15, -0.1) is 0 Å². The number of carbonyl (C=O) groups is 3. The number of carbonyl (C=O) groups excluding carboxylic acids is 3. The molecule has 0 bridgehead atoms. The summed E-state index contributed by atoms with van der Waals surface area (Å²) in [6, 6.07) is 24.7. The van der Waals surface area contributed by atoms with Crippen LogP contribution in [-0.2, 0) is 14.4 Å². The Morgan fingerprint density at radius 1 is 0.925 bits per heavy atom. The van der Waals surface area contributed by atoms with E-state index in [0.29, 0.717) is 18.5 Å². The monoisotopic (exact) mass is 546 g/mol. The number of carboxylic acid groups (broad SMARTS) is 1. The summed E-state index contributed by atoms with van der Waals surface area (Å²) in [4.78, 5) is 40.3. The predicted molar refractivity (Wildman–Crippen MR) is 150 cm³/mol. The minimum Gasteiger partial charge on any atom is -0.550 e. The van der Waals surface area contributed by atoms with Crippen molar-refractivity contribution in [3.05, 3.63) is 96.2 Å². The summed E-state index contributed by atoms with van der Waals surface area (Å²) in [5.41, 5.74) is 3.77. The molecule has 4 aromatic rings. The van der Waals surface area contributed by atoms with Gasteiger partial charge in [0.2, 0.25) is 11.8 Å². The number of hydrogen-bond donors (Lipinski definition) is 3. The fourth-order valence-electron chi connectivity index (χ4n) is 4.40. The van der Waals surface area contributed by atoms with Crippen molar-refractivity contribution in [1.82, 2.24) is 15.6 Å². The molecule has 4 rings (SSSR count). The molecule has 40 heavy (non-hydrogen) atoms. The Bertz CT molecular complexity index is 1450. The predicted octanol–water partition coefficient (Wildman–Crippen LogP) is 0.520. The third-order valence-electron chi connectivity index (χ3n) is 6.37. The number of benzene rings is 3. The van der Waals surface area contributed by atoms with Crippen molar-refractivity contribution >= 4 is 34.4 Å². The van der Waals surface area contributed by atoms with Crippen LogP contribution in [0.15, 0.2) is 85.1 Å². The van der Waals surface area contributed by atoms with Gasteiger partial charge in [0.05, 0.1) is 12.6 Å². The molecule has 0 radical (unpaired) electrons. The molecule has 3 aromatic carbocycles. The molecule has 0 aliphatic heterocycles. The van der Waals surface area contributed by atoms with Crippen molar-refractivity contribution in [2.75, 3.05) is 18.4 Å². The third kappa shape index (κ3) is 8.91. The van der Waals surface area contributed by atoms with E-state index in [9.17, 15) is 19.5 Å². The van der Waals surface area contributed by atoms with Crippen LogP contribution in [0.3, 0.4) is 0 Å². The number of hydrogen-bond acceptors (Lipinski definition) is 6. The number of carboxylic acids is 1. The van der Waals surface area contributed by atoms with Gasteiger partial charge in [-0.3, -0.25) is 9.59 Å². The molecular weight excluding hydrogens is 515 g/mol. The number of rotatable bonds is 12. The molecule has 3 N–H and O–H groups in total. The summed E-state index contributed by atoms with van der Waals surface area (Å²) < 4.78 is 0. The van der Waals surface area contributed by atoms with E-state index in [1.165, 1.54) is 0 Å². The summed E-state index contributed by atoms with van der Waals surface area (Å²) in [6.45, 7) is 2.30. The van der Waals surface area contributed by atoms with Gasteiger partial charge >= 0.3 is 29.6 Å². The first kappa shape index (κ1) is 30.8. The molecule has 1 aromatic heterocycles. The zero-order chi connectivity index (χ0) is 27.6. The van der Waals surface area contributed by atoms with Gasteiger partial charge in [0.1, 0.15) is 5.82 Å². The van der Waals surface area contributed by atoms with Crippen molar-refractivity contribution in [2.45, 2.75) is 32.2 Å². The Labute approximate surface area is 255 Å². The van der Waals surface area contributed by atoms with Crippen LogP contribution in [0.2, 0.25) is 0 Å². The second-order valence-corrected chi connectivity index (χ2v) is 9.37. The Hall–Kier alpha value is -3.72. The molecule has 1 atom stereocenters. The minimum atomic E-state index is -1.28. The zero-order valence-electron chi connectivity index (χ0n) is 22.8. The zero-order valence-corrected chi connectivity index (χ0v) is 24.8. The number of pyridine rings is 1. The van der Waals surface area contributed by atoms with Crippen molar-refractivity contribution < 1.29 is 49.0 Å². The Kier molecular flexibility index (Phi) is 11.7. The van der Waals surface area contributed by atoms with Gasteiger partial charge in [0.15, 0.2) is 0 Å². The number of nitrogens with one attached hydrogen (secondary N) is 3. The summed E-state index contributed by atoms with van der Waals surface area (Å²) >= 11 is 0. The van der Waals surface area contributed by atoms with Crippen molar-refractivity contribution in [3.8, 4) is 11.1 Å². The van der Waals surface area contributed by atoms with E-state index in [1.54, 1.807) is 18.3 Å². The summed E-state index contributed by atoms with van der Waals surface area (Å²) in [5, 5.41) is 22.1. The molecule has 1 heterocycles. The summed E-state index contributed by atoms with van der Waals surface area (Å²) in [5.74, 6) is -1.27. The van der Waals surface area contributed by atoms with Gasteiger partial charge < -0.3 is 25.9 Å². The van der Waals surface area contributed by atoms with Crippen LogP contribution in [0.1, 0.15) is 36.4 Å². The molecule has 0 aliphatic carbocycles. The van der Waals surface area contributed by atoms with Crippen LogP contribution in [-0.4, -0.2) is 35.9 Å². The largest absolute Gasteiger partial charge is 1.00 e. The maximum Gasteiger partial charge on any atom is 1.00 e. The number of anilines is 1. The quantitative estimate of drug-likeness (QED) is 0.176. The molecule has 0 saturated carbocycles. The number of amides is 2. The van der Waals surface area contributed by atoms with E-state index in [1.807, 2.05) is 55.5 Å². The number of aliphatic carboxylic acids is 1. The van der Waals surface area contributed by atoms with E-state index >= 15 is 0 Å². The topological polar surface area (TPSA) is 123 Å². The minimum absolute atomic E-state index is 0. The summed E-state index contributed by atoms with van der Waals surface area (Å²) in [7, 11) is 0. The van der Waals surface area contributed by atoms with Crippen LogP contribution in [0.4, 0.5) is 5.82 Å². The first-order chi connectivity index (χ1) is 18.9. The molecule has 0 fully saturated rings. The smallest absolute Gasteiger partial charge is 0.550 e. The number of aromatic nitrogens is 1. The van der Waals surface area contributed by atoms with Crippen molar-refractivity contribution in [1.29, 1.82) is 0 Å². The molecule has 8 nitrogen and oxygen atoms in total. The molecule has 0 aliphatic rings. The molecule has 0 saturated heterocycles. The fraction of sp³-hybridized carbons (Fsp3) is 0.226. The average Bonchev–Trinajstić information content (AvgIpc) is 2.93. The van der Waals surface area contributed by atoms with Gasteiger partial charge in [0, 0.05) is 31.6 Å². The maximum absolute atomic E-state index is 12.5. The number of nitrogens with zero attached hydrogens (tertiary/aromatic N) is 1. The van der Waals surface area contributed by atoms with Crippen molar-refractivity contribution in [2.24, 2.45) is 0 Å². The fourth-order valence-corrected chi connectivity index (χ4v) is 4.40. The van der Waals surface area contributed by atoms with E-state index in [0.717, 1.165) is 33.3 Å². The molecule has 1 unspecified atom stereocenters. The van der Waals surface area contributed by atoms with Gasteiger partial charge in [-0.25, -0.2) is 4.98 Å². The third-order valence-corrected chi connectivity index (χ3v) is 6.37. The summed E-state index contributed by atoms with van der Waals surface area (Å²) in [6.07, 6.45) is 2.14. The van der Waals surface area contributed by atoms with Gasteiger partial charge in [-0.05, 0) is 58.5 Å². The van der Waals surface area contributed by atoms with Crippen LogP contribution < -0.4 is 50.6 Å². The van der Waals surface area contributed by atoms with E-state index in [-0.39, 0.29) is 54.9 Å². The first-order valence-corrected chi connectivity index (χ1v) is 12.9. The van der Waals surface area contributed by atoms with Gasteiger partial charge in [0.25, 0.3) is 0 Å². The van der Waals surface area contributed by atoms with E-state index in [4.69, 9.17) is 0 Å². The Balaban J connectivity index is 0.00000441. The van der Waals surface area contributed by atoms with E-state index in [2.05, 4.69) is 39.1 Å². The SMILES string of the molecule is Cc1ccnc(NCCCC(=O)NCC(=O)NC(CC(=O)[O-])c2ccc(-c3cccc4ccccc34)cc2)c1.[Na+]. The molecular formula is C31H31N4NaO4. The Morgan fingerprint density at radius 2 is 1.68 bits per heavy atom. The van der Waals surface area contributed by atoms with Crippen LogP contribution >= 0.6 is 0 Å². The van der Waals surface area contributed by atoms with Gasteiger partial charge in [-0.1, -0.05) is 66.7 Å². The average molecular weight is 547 g/mol. The molecule has 9 heteroatoms. The molecule has 2 amide bonds. The van der Waals surface area contributed by atoms with Crippen LogP contribution in [0, 0.1) is 6.92 Å². The second kappa shape index (κ2) is 15.2. The normalized spacial score (nSPS) is 11.2. The standard InChI is InChI=1S/C31H32N4O4.Na/c1-21-15-17-33-28(18-21)32-16-5-10-29(36)34-20-30(37)35-27(19-31(38)39)24-13-11-23(12-14-24)26-9-4-7-22-6-2-3-8-25(22)26;/h2-4,6-9,11-15,17-18,27H,5,10,16,19-20H2,1H3,(H,32,33)(H,34,36)(H,35,37)(H,38,39);/q;+1/p-1.